The van der Waals surface area contributed by atoms with Crippen molar-refractivity contribution in [2.45, 2.75) is 13.2 Å². The van der Waals surface area contributed by atoms with Gasteiger partial charge < -0.3 is 20.6 Å². The number of benzene rings is 1. The van der Waals surface area contributed by atoms with Gasteiger partial charge in [0.2, 0.25) is 5.91 Å². The minimum atomic E-state index is -0.560. The van der Waals surface area contributed by atoms with Gasteiger partial charge in [-0.3, -0.25) is 4.79 Å². The standard InChI is InChI=1S/C13H13ClN2O3/c14-12-5-8(1-4-11(12)13(15)18)16-6-9-2-3-10(7-17)19-9/h1-5,16-17H,6-7H2,(H2,15,18). The zero-order valence-electron chi connectivity index (χ0n) is 10.0. The summed E-state index contributed by atoms with van der Waals surface area (Å²) in [6.45, 7) is 0.325. The highest BCUT2D eigenvalue weighted by molar-refractivity contribution is 6.34. The second-order valence-electron chi connectivity index (χ2n) is 3.94. The van der Waals surface area contributed by atoms with Crippen LogP contribution < -0.4 is 11.1 Å². The van der Waals surface area contributed by atoms with Crippen LogP contribution >= 0.6 is 11.6 Å². The molecule has 0 atom stereocenters. The zero-order valence-corrected chi connectivity index (χ0v) is 10.8. The molecule has 1 aromatic heterocycles. The first-order valence-electron chi connectivity index (χ1n) is 5.62. The van der Waals surface area contributed by atoms with Gasteiger partial charge in [0.15, 0.2) is 0 Å². The van der Waals surface area contributed by atoms with Crippen LogP contribution in [0, 0.1) is 0 Å². The molecule has 1 aromatic carbocycles. The summed E-state index contributed by atoms with van der Waals surface area (Å²) in [5, 5.41) is 12.3. The van der Waals surface area contributed by atoms with Crippen molar-refractivity contribution in [3.8, 4) is 0 Å². The molecular weight excluding hydrogens is 268 g/mol. The minimum Gasteiger partial charge on any atom is -0.462 e. The Morgan fingerprint density at radius 3 is 2.63 bits per heavy atom. The van der Waals surface area contributed by atoms with Gasteiger partial charge in [-0.25, -0.2) is 0 Å². The van der Waals surface area contributed by atoms with Gasteiger partial charge in [-0.1, -0.05) is 11.6 Å². The summed E-state index contributed by atoms with van der Waals surface area (Å²) >= 11 is 5.94. The number of carbonyl (C=O) groups excluding carboxylic acids is 1. The highest BCUT2D eigenvalue weighted by atomic mass is 35.5. The number of nitrogens with two attached hydrogens (primary N) is 1. The average Bonchev–Trinajstić information content (AvgIpc) is 2.84. The molecule has 0 unspecified atom stereocenters. The Morgan fingerprint density at radius 2 is 2.05 bits per heavy atom. The highest BCUT2D eigenvalue weighted by Gasteiger charge is 2.07. The van der Waals surface area contributed by atoms with Gasteiger partial charge in [-0.15, -0.1) is 0 Å². The van der Waals surface area contributed by atoms with Crippen molar-refractivity contribution in [3.63, 3.8) is 0 Å². The van der Waals surface area contributed by atoms with E-state index < -0.39 is 5.91 Å². The molecule has 0 fully saturated rings. The molecule has 0 saturated carbocycles. The maximum atomic E-state index is 11.0. The van der Waals surface area contributed by atoms with E-state index in [2.05, 4.69) is 5.32 Å². The molecule has 5 nitrogen and oxygen atoms in total. The Balaban J connectivity index is 2.03. The summed E-state index contributed by atoms with van der Waals surface area (Å²) < 4.78 is 5.33. The quantitative estimate of drug-likeness (QED) is 0.783. The van der Waals surface area contributed by atoms with Crippen LogP contribution in [-0.2, 0) is 13.2 Å². The summed E-state index contributed by atoms with van der Waals surface area (Å²) in [7, 11) is 0. The lowest BCUT2D eigenvalue weighted by molar-refractivity contribution is 0.100. The molecule has 0 saturated heterocycles. The fourth-order valence-electron chi connectivity index (χ4n) is 1.62. The van der Waals surface area contributed by atoms with E-state index in [1.165, 1.54) is 0 Å². The predicted octanol–water partition coefficient (Wildman–Crippen LogP) is 2.14. The third-order valence-corrected chi connectivity index (χ3v) is 2.89. The van der Waals surface area contributed by atoms with Crippen LogP contribution in [0.3, 0.4) is 0 Å². The lowest BCUT2D eigenvalue weighted by Crippen LogP contribution is -2.11. The molecule has 1 heterocycles. The number of furan rings is 1. The third kappa shape index (κ3) is 3.27. The topological polar surface area (TPSA) is 88.5 Å². The number of hydrogen-bond acceptors (Lipinski definition) is 4. The van der Waals surface area contributed by atoms with Gasteiger partial charge in [-0.2, -0.15) is 0 Å². The number of rotatable bonds is 5. The van der Waals surface area contributed by atoms with Crippen LogP contribution in [0.15, 0.2) is 34.7 Å². The number of aliphatic hydroxyl groups excluding tert-OH is 1. The number of anilines is 1. The summed E-state index contributed by atoms with van der Waals surface area (Å²) in [5.41, 5.74) is 6.20. The molecule has 2 aromatic rings. The maximum absolute atomic E-state index is 11.0. The third-order valence-electron chi connectivity index (χ3n) is 2.57. The van der Waals surface area contributed by atoms with E-state index in [-0.39, 0.29) is 12.2 Å². The van der Waals surface area contributed by atoms with Crippen molar-refractivity contribution in [3.05, 3.63) is 52.4 Å². The van der Waals surface area contributed by atoms with Crippen LogP contribution in [-0.4, -0.2) is 11.0 Å². The lowest BCUT2D eigenvalue weighted by Gasteiger charge is -2.06. The van der Waals surface area contributed by atoms with Crippen molar-refractivity contribution in [1.82, 2.24) is 0 Å². The Hall–Kier alpha value is -1.98. The minimum absolute atomic E-state index is 0.126. The number of hydrogen-bond donors (Lipinski definition) is 3. The van der Waals surface area contributed by atoms with Crippen molar-refractivity contribution in [1.29, 1.82) is 0 Å². The molecule has 19 heavy (non-hydrogen) atoms. The molecule has 0 aliphatic heterocycles. The fourth-order valence-corrected chi connectivity index (χ4v) is 1.89. The van der Waals surface area contributed by atoms with Crippen LogP contribution in [0.5, 0.6) is 0 Å². The maximum Gasteiger partial charge on any atom is 0.250 e. The summed E-state index contributed by atoms with van der Waals surface area (Å²) in [6.07, 6.45) is 0. The van der Waals surface area contributed by atoms with Crippen LogP contribution in [0.25, 0.3) is 0 Å². The van der Waals surface area contributed by atoms with Crippen molar-refractivity contribution >= 4 is 23.2 Å². The molecule has 6 heteroatoms. The second-order valence-corrected chi connectivity index (χ2v) is 4.35. The van der Waals surface area contributed by atoms with Gasteiger partial charge in [0.05, 0.1) is 17.1 Å². The Morgan fingerprint density at radius 1 is 1.32 bits per heavy atom. The van der Waals surface area contributed by atoms with E-state index in [1.54, 1.807) is 30.3 Å². The molecule has 2 rings (SSSR count). The predicted molar refractivity (Wildman–Crippen MR) is 71.9 cm³/mol. The largest absolute Gasteiger partial charge is 0.462 e. The molecule has 100 valence electrons. The molecule has 0 bridgehead atoms. The van der Waals surface area contributed by atoms with Crippen LogP contribution in [0.1, 0.15) is 21.9 Å². The monoisotopic (exact) mass is 280 g/mol. The molecule has 1 amide bonds. The number of aliphatic hydroxyl groups is 1. The summed E-state index contributed by atoms with van der Waals surface area (Å²) in [6, 6.07) is 8.38. The molecule has 4 N–H and O–H groups in total. The molecule has 0 aliphatic rings. The first kappa shape index (κ1) is 13.5. The van der Waals surface area contributed by atoms with E-state index in [1.807, 2.05) is 0 Å². The molecular formula is C13H13ClN2O3. The van der Waals surface area contributed by atoms with Gasteiger partial charge in [0, 0.05) is 5.69 Å². The molecule has 0 radical (unpaired) electrons. The SMILES string of the molecule is NC(=O)c1ccc(NCc2ccc(CO)o2)cc1Cl. The van der Waals surface area contributed by atoms with Gasteiger partial charge in [0.25, 0.3) is 0 Å². The fraction of sp³-hybridized carbons (Fsp3) is 0.154. The Kier molecular flexibility index (Phi) is 4.09. The number of carbonyl (C=O) groups is 1. The number of primary amides is 1. The van der Waals surface area contributed by atoms with Gasteiger partial charge in [0.1, 0.15) is 18.1 Å². The van der Waals surface area contributed by atoms with Crippen LogP contribution in [0.2, 0.25) is 5.02 Å². The van der Waals surface area contributed by atoms with E-state index in [0.717, 1.165) is 5.69 Å². The number of halogens is 1. The van der Waals surface area contributed by atoms with E-state index in [9.17, 15) is 4.79 Å². The Labute approximate surface area is 115 Å². The van der Waals surface area contributed by atoms with E-state index in [0.29, 0.717) is 23.1 Å². The van der Waals surface area contributed by atoms with Crippen LogP contribution in [0.4, 0.5) is 5.69 Å². The van der Waals surface area contributed by atoms with Crippen molar-refractivity contribution < 1.29 is 14.3 Å². The summed E-state index contributed by atoms with van der Waals surface area (Å²) in [5.74, 6) is 0.647. The van der Waals surface area contributed by atoms with Gasteiger partial charge >= 0.3 is 0 Å². The number of nitrogens with one attached hydrogen (secondary N) is 1. The Bertz CT molecular complexity index is 595. The first-order valence-corrected chi connectivity index (χ1v) is 5.99. The smallest absolute Gasteiger partial charge is 0.250 e. The van der Waals surface area contributed by atoms with E-state index in [4.69, 9.17) is 26.9 Å². The lowest BCUT2D eigenvalue weighted by atomic mass is 10.2. The second kappa shape index (κ2) is 5.77. The van der Waals surface area contributed by atoms with Crippen molar-refractivity contribution in [2.75, 3.05) is 5.32 Å². The molecule has 0 aliphatic carbocycles. The normalized spacial score (nSPS) is 10.4. The average molecular weight is 281 g/mol. The van der Waals surface area contributed by atoms with Gasteiger partial charge in [-0.05, 0) is 30.3 Å². The van der Waals surface area contributed by atoms with Crippen molar-refractivity contribution in [2.24, 2.45) is 5.73 Å². The summed E-state index contributed by atoms with van der Waals surface area (Å²) in [4.78, 5) is 11.0. The number of amides is 1. The zero-order chi connectivity index (χ0) is 13.8. The van der Waals surface area contributed by atoms with E-state index >= 15 is 0 Å². The highest BCUT2D eigenvalue weighted by Crippen LogP contribution is 2.21. The first-order chi connectivity index (χ1) is 9.10. The molecule has 0 spiro atoms.